The molecule has 3 aliphatic rings. The van der Waals surface area contributed by atoms with Crippen LogP contribution in [0.2, 0.25) is 5.02 Å². The number of thiophene rings is 1. The molecule has 2 saturated heterocycles. The van der Waals surface area contributed by atoms with Crippen molar-refractivity contribution in [1.82, 2.24) is 45.6 Å². The summed E-state index contributed by atoms with van der Waals surface area (Å²) in [6.45, 7) is 16.2. The molecule has 4 amide bonds. The van der Waals surface area contributed by atoms with Gasteiger partial charge in [0.1, 0.15) is 40.5 Å². The number of benzene rings is 2. The number of pyridine rings is 1. The van der Waals surface area contributed by atoms with Crippen molar-refractivity contribution in [3.05, 3.63) is 122 Å². The predicted molar refractivity (Wildman–Crippen MR) is 283 cm³/mol. The summed E-state index contributed by atoms with van der Waals surface area (Å²) in [6, 6.07) is 16.0. The number of ether oxygens (including phenoxy) is 1. The van der Waals surface area contributed by atoms with E-state index in [4.69, 9.17) is 21.3 Å². The lowest BCUT2D eigenvalue weighted by Crippen LogP contribution is -2.58. The Morgan fingerprint density at radius 2 is 1.66 bits per heavy atom. The third kappa shape index (κ3) is 11.0. The number of hydrogen-bond donors (Lipinski definition) is 4. The van der Waals surface area contributed by atoms with Gasteiger partial charge in [0.15, 0.2) is 12.4 Å². The molecule has 73 heavy (non-hydrogen) atoms. The Labute approximate surface area is 437 Å². The first-order valence-corrected chi connectivity index (χ1v) is 26.5. The fourth-order valence-corrected chi connectivity index (χ4v) is 11.8. The summed E-state index contributed by atoms with van der Waals surface area (Å²) in [6.07, 6.45) is 1.49. The molecule has 4 N–H and O–H groups in total. The Morgan fingerprint density at radius 1 is 0.918 bits per heavy atom. The molecule has 6 aromatic rings. The lowest BCUT2D eigenvalue weighted by molar-refractivity contribution is -0.144. The van der Waals surface area contributed by atoms with Gasteiger partial charge in [-0.25, -0.2) is 9.97 Å². The fourth-order valence-electron chi connectivity index (χ4n) is 9.69. The maximum absolute atomic E-state index is 14.2. The zero-order valence-corrected chi connectivity index (χ0v) is 44.5. The summed E-state index contributed by atoms with van der Waals surface area (Å²) in [4.78, 5) is 75.2. The lowest BCUT2D eigenvalue weighted by Gasteiger charge is -2.35. The van der Waals surface area contributed by atoms with Crippen LogP contribution in [0.1, 0.15) is 104 Å². The Morgan fingerprint density at radius 3 is 2.34 bits per heavy atom. The molecule has 382 valence electrons. The van der Waals surface area contributed by atoms with Crippen molar-refractivity contribution >= 4 is 69.4 Å². The molecule has 2 fully saturated rings. The van der Waals surface area contributed by atoms with E-state index in [0.29, 0.717) is 41.9 Å². The van der Waals surface area contributed by atoms with Gasteiger partial charge in [0, 0.05) is 53.1 Å². The maximum Gasteiger partial charge on any atom is 0.258 e. The third-order valence-electron chi connectivity index (χ3n) is 13.8. The minimum absolute atomic E-state index is 0.0432. The molecule has 2 aromatic carbocycles. The molecule has 0 saturated carbocycles. The SMILES string of the molecule is Cc1ncsc1-c1ccc([C@H](C)NC(=O)[C@@H]2C[C@@H](O)CN2C(=O)[C@@H](NC(=O)COc2ccc(N3CC[C@@H](NC(=O)C[C@@H]4N=C(c5ccc(Cl)cc5)c5c(sc(C)c5C)-n5c(C)nnc54)C3)nc2)C(C)(C)C)cc1. The minimum atomic E-state index is -1.02. The number of aliphatic hydroxyl groups is 1. The second kappa shape index (κ2) is 21.1. The number of carbonyl (C=O) groups is 4. The molecular formula is C53H60ClN11O6S2. The van der Waals surface area contributed by atoms with Crippen molar-refractivity contribution in [2.24, 2.45) is 10.4 Å². The summed E-state index contributed by atoms with van der Waals surface area (Å²) < 4.78 is 7.88. The number of fused-ring (bicyclic) bond motifs is 3. The number of aromatic nitrogens is 5. The number of thiazole rings is 1. The van der Waals surface area contributed by atoms with E-state index in [-0.39, 0.29) is 49.9 Å². The number of aryl methyl sites for hydroxylation is 3. The molecule has 6 atom stereocenters. The van der Waals surface area contributed by atoms with Crippen LogP contribution in [0.25, 0.3) is 15.4 Å². The molecule has 0 spiro atoms. The van der Waals surface area contributed by atoms with Crippen molar-refractivity contribution < 1.29 is 29.0 Å². The van der Waals surface area contributed by atoms with Gasteiger partial charge in [-0.15, -0.1) is 32.9 Å². The van der Waals surface area contributed by atoms with Crippen molar-refractivity contribution in [3.63, 3.8) is 0 Å². The number of amides is 4. The van der Waals surface area contributed by atoms with Crippen LogP contribution in [-0.2, 0) is 19.2 Å². The van der Waals surface area contributed by atoms with Gasteiger partial charge in [-0.05, 0) is 87.4 Å². The Hall–Kier alpha value is -6.54. The summed E-state index contributed by atoms with van der Waals surface area (Å²) in [5, 5.41) is 30.4. The maximum atomic E-state index is 14.2. The van der Waals surface area contributed by atoms with Gasteiger partial charge in [-0.2, -0.15) is 0 Å². The molecule has 0 unspecified atom stereocenters. The van der Waals surface area contributed by atoms with Crippen LogP contribution in [0.5, 0.6) is 5.75 Å². The van der Waals surface area contributed by atoms with E-state index in [1.807, 2.05) is 100 Å². The van der Waals surface area contributed by atoms with Gasteiger partial charge >= 0.3 is 0 Å². The van der Waals surface area contributed by atoms with Gasteiger partial charge in [-0.1, -0.05) is 68.8 Å². The standard InChI is InChI=1S/C53H60ClN11O6S2/c1-28-31(4)73-52-45(28)46(34-13-15-36(54)16-14-34)59-40(49-62-61-32(5)65(49)52)22-43(67)58-37-19-20-63(24-37)42-18-17-39(23-55-42)71-26-44(68)60-48(53(6,7)8)51(70)64-25-38(66)21-41(64)50(69)57-29(2)33-9-11-35(12-10-33)47-30(3)56-27-72-47/h9-18,23,27,29,37-38,40-41,48,66H,19-22,24-26H2,1-8H3,(H,57,69)(H,58,67)(H,60,68)/t29-,37+,38+,40-,41-,48+/m0/s1. The van der Waals surface area contributed by atoms with E-state index in [2.05, 4.69) is 54.9 Å². The van der Waals surface area contributed by atoms with Gasteiger partial charge in [0.05, 0.1) is 46.6 Å². The van der Waals surface area contributed by atoms with Crippen LogP contribution >= 0.6 is 34.3 Å². The van der Waals surface area contributed by atoms with Gasteiger partial charge < -0.3 is 35.6 Å². The number of aliphatic imine (C=N–C) groups is 1. The number of β-amino-alcohol motifs (C(OH)–C–C–N with tert-alkyl or cyclic N) is 1. The van der Waals surface area contributed by atoms with Crippen molar-refractivity contribution in [1.29, 1.82) is 0 Å². The van der Waals surface area contributed by atoms with E-state index >= 15 is 0 Å². The van der Waals surface area contributed by atoms with Crippen LogP contribution in [0.15, 0.2) is 77.4 Å². The fraction of sp³-hybridized carbons (Fsp3) is 0.415. The number of rotatable bonds is 14. The largest absolute Gasteiger partial charge is 0.482 e. The van der Waals surface area contributed by atoms with Crippen LogP contribution < -0.4 is 25.6 Å². The average molecular weight is 1050 g/mol. The van der Waals surface area contributed by atoms with Crippen molar-refractivity contribution in [3.8, 4) is 21.2 Å². The van der Waals surface area contributed by atoms with Gasteiger partial charge in [0.25, 0.3) is 5.91 Å². The van der Waals surface area contributed by atoms with E-state index in [0.717, 1.165) is 54.9 Å². The number of hydrogen-bond acceptors (Lipinski definition) is 14. The number of anilines is 1. The van der Waals surface area contributed by atoms with Crippen LogP contribution in [0, 0.1) is 33.1 Å². The molecule has 0 radical (unpaired) electrons. The molecule has 9 rings (SSSR count). The smallest absolute Gasteiger partial charge is 0.258 e. The first-order chi connectivity index (χ1) is 34.8. The van der Waals surface area contributed by atoms with Crippen molar-refractivity contribution in [2.75, 3.05) is 31.1 Å². The number of nitrogens with zero attached hydrogens (tertiary/aromatic N) is 8. The van der Waals surface area contributed by atoms with E-state index in [1.165, 1.54) is 16.0 Å². The van der Waals surface area contributed by atoms with E-state index in [1.54, 1.807) is 34.8 Å². The highest BCUT2D eigenvalue weighted by Crippen LogP contribution is 2.40. The highest BCUT2D eigenvalue weighted by atomic mass is 35.5. The first-order valence-electron chi connectivity index (χ1n) is 24.4. The zero-order valence-electron chi connectivity index (χ0n) is 42.1. The minimum Gasteiger partial charge on any atom is -0.482 e. The van der Waals surface area contributed by atoms with E-state index < -0.39 is 41.5 Å². The molecule has 0 aliphatic carbocycles. The summed E-state index contributed by atoms with van der Waals surface area (Å²) in [7, 11) is 0. The van der Waals surface area contributed by atoms with E-state index in [9.17, 15) is 24.3 Å². The van der Waals surface area contributed by atoms with Crippen molar-refractivity contribution in [2.45, 2.75) is 111 Å². The second-order valence-electron chi connectivity index (χ2n) is 20.1. The lowest BCUT2D eigenvalue weighted by atomic mass is 9.85. The first kappa shape index (κ1) is 51.4. The molecule has 7 heterocycles. The molecular weight excluding hydrogens is 986 g/mol. The third-order valence-corrected chi connectivity index (χ3v) is 16.2. The number of aliphatic hydroxyl groups excluding tert-OH is 1. The normalized spacial score (nSPS) is 19.3. The Balaban J connectivity index is 0.780. The van der Waals surface area contributed by atoms with Crippen LogP contribution in [0.4, 0.5) is 5.82 Å². The van der Waals surface area contributed by atoms with Crippen LogP contribution in [0.3, 0.4) is 0 Å². The summed E-state index contributed by atoms with van der Waals surface area (Å²) in [5.74, 6) is 0.839. The number of halogens is 1. The molecule has 3 aliphatic heterocycles. The number of carbonyl (C=O) groups excluding carboxylic acids is 4. The monoisotopic (exact) mass is 1050 g/mol. The van der Waals surface area contributed by atoms with Gasteiger partial charge in [0.2, 0.25) is 17.7 Å². The number of nitrogens with one attached hydrogen (secondary N) is 3. The van der Waals surface area contributed by atoms with Gasteiger partial charge in [-0.3, -0.25) is 28.7 Å². The summed E-state index contributed by atoms with van der Waals surface area (Å²) in [5.41, 5.74) is 7.75. The zero-order chi connectivity index (χ0) is 51.9. The average Bonchev–Trinajstić information content (AvgIpc) is 4.20. The second-order valence-corrected chi connectivity index (χ2v) is 22.6. The molecule has 20 heteroatoms. The quantitative estimate of drug-likeness (QED) is 0.0861. The Kier molecular flexibility index (Phi) is 14.9. The molecule has 4 aromatic heterocycles. The summed E-state index contributed by atoms with van der Waals surface area (Å²) >= 11 is 9.51. The molecule has 17 nitrogen and oxygen atoms in total. The Bertz CT molecular complexity index is 3060. The predicted octanol–water partition coefficient (Wildman–Crippen LogP) is 7.16. The number of likely N-dealkylation sites (tertiary alicyclic amines) is 1. The highest BCUT2D eigenvalue weighted by Gasteiger charge is 2.45. The topological polar surface area (TPSA) is 209 Å². The highest BCUT2D eigenvalue weighted by molar-refractivity contribution is 7.15. The van der Waals surface area contributed by atoms with Crippen LogP contribution in [-0.4, -0.2) is 115 Å². The molecule has 0 bridgehead atoms.